The predicted molar refractivity (Wildman–Crippen MR) is 70.2 cm³/mol. The van der Waals surface area contributed by atoms with Crippen LogP contribution in [0.15, 0.2) is 0 Å². The van der Waals surface area contributed by atoms with Crippen molar-refractivity contribution >= 4 is 28.2 Å². The molecule has 114 valence electrons. The average Bonchev–Trinajstić information content (AvgIpc) is 2.90. The standard InChI is InChI=1S/C10H11F3N6OS/c1-4-6(5(2)19(3)18-4)14-8(20)15-9-17-16-7(21-9)10(11,12)13/h1-3H3,(H2,14,15,17,20). The zero-order valence-electron chi connectivity index (χ0n) is 11.2. The molecule has 2 aromatic rings. The highest BCUT2D eigenvalue weighted by atomic mass is 32.1. The summed E-state index contributed by atoms with van der Waals surface area (Å²) in [5, 5.41) is 13.7. The molecule has 11 heteroatoms. The molecule has 0 fully saturated rings. The molecule has 0 radical (unpaired) electrons. The quantitative estimate of drug-likeness (QED) is 0.890. The summed E-state index contributed by atoms with van der Waals surface area (Å²) >= 11 is 0.252. The second-order valence-corrected chi connectivity index (χ2v) is 5.14. The fraction of sp³-hybridized carbons (Fsp3) is 0.400. The van der Waals surface area contributed by atoms with Gasteiger partial charge in [0.1, 0.15) is 0 Å². The van der Waals surface area contributed by atoms with E-state index in [0.717, 1.165) is 5.69 Å². The van der Waals surface area contributed by atoms with Gasteiger partial charge in [-0.1, -0.05) is 11.3 Å². The van der Waals surface area contributed by atoms with E-state index in [2.05, 4.69) is 25.9 Å². The molecule has 0 unspecified atom stereocenters. The summed E-state index contributed by atoms with van der Waals surface area (Å²) in [6.45, 7) is 3.46. The number of hydrogen-bond donors (Lipinski definition) is 2. The fourth-order valence-electron chi connectivity index (χ4n) is 1.58. The van der Waals surface area contributed by atoms with Crippen LogP contribution in [0.1, 0.15) is 16.4 Å². The van der Waals surface area contributed by atoms with Gasteiger partial charge in [-0.2, -0.15) is 18.3 Å². The molecule has 0 aliphatic heterocycles. The van der Waals surface area contributed by atoms with Crippen molar-refractivity contribution in [2.45, 2.75) is 20.0 Å². The number of aryl methyl sites for hydroxylation is 2. The van der Waals surface area contributed by atoms with Crippen LogP contribution in [-0.2, 0) is 13.2 Å². The van der Waals surface area contributed by atoms with Gasteiger partial charge in [0.05, 0.1) is 17.1 Å². The van der Waals surface area contributed by atoms with E-state index in [1.54, 1.807) is 25.6 Å². The molecule has 21 heavy (non-hydrogen) atoms. The number of carbonyl (C=O) groups is 1. The normalized spacial score (nSPS) is 11.5. The smallest absolute Gasteiger partial charge is 0.304 e. The van der Waals surface area contributed by atoms with Crippen molar-refractivity contribution in [3.63, 3.8) is 0 Å². The molecule has 7 nitrogen and oxygen atoms in total. The van der Waals surface area contributed by atoms with Gasteiger partial charge in [0.25, 0.3) is 0 Å². The molecule has 2 amide bonds. The molecule has 0 spiro atoms. The lowest BCUT2D eigenvalue weighted by atomic mass is 10.3. The molecule has 0 atom stereocenters. The maximum atomic E-state index is 12.4. The molecule has 0 aromatic carbocycles. The SMILES string of the molecule is Cc1nn(C)c(C)c1NC(=O)Nc1nnc(C(F)(F)F)s1. The second-order valence-electron chi connectivity index (χ2n) is 4.16. The Morgan fingerprint density at radius 3 is 2.38 bits per heavy atom. The third-order valence-corrected chi connectivity index (χ3v) is 3.52. The minimum absolute atomic E-state index is 0.237. The van der Waals surface area contributed by atoms with Gasteiger partial charge in [0, 0.05) is 7.05 Å². The predicted octanol–water partition coefficient (Wildman–Crippen LogP) is 2.55. The molecule has 0 saturated heterocycles. The first-order chi connectivity index (χ1) is 9.68. The lowest BCUT2D eigenvalue weighted by Crippen LogP contribution is -2.20. The van der Waals surface area contributed by atoms with Crippen LogP contribution in [0.2, 0.25) is 0 Å². The monoisotopic (exact) mass is 320 g/mol. The van der Waals surface area contributed by atoms with Gasteiger partial charge in [-0.3, -0.25) is 10.00 Å². The molecule has 0 aliphatic rings. The summed E-state index contributed by atoms with van der Waals surface area (Å²) < 4.78 is 38.7. The van der Waals surface area contributed by atoms with Gasteiger partial charge in [0.2, 0.25) is 10.1 Å². The van der Waals surface area contributed by atoms with Crippen molar-refractivity contribution < 1.29 is 18.0 Å². The van der Waals surface area contributed by atoms with Crippen LogP contribution < -0.4 is 10.6 Å². The van der Waals surface area contributed by atoms with Crippen molar-refractivity contribution in [3.8, 4) is 0 Å². The summed E-state index contributed by atoms with van der Waals surface area (Å²) in [7, 11) is 1.71. The maximum absolute atomic E-state index is 12.4. The van der Waals surface area contributed by atoms with Gasteiger partial charge >= 0.3 is 12.2 Å². The average molecular weight is 320 g/mol. The Hall–Kier alpha value is -2.17. The van der Waals surface area contributed by atoms with Crippen LogP contribution in [0.3, 0.4) is 0 Å². The number of aromatic nitrogens is 4. The van der Waals surface area contributed by atoms with Crippen molar-refractivity contribution in [3.05, 3.63) is 16.4 Å². The van der Waals surface area contributed by atoms with E-state index >= 15 is 0 Å². The Balaban J connectivity index is 2.07. The molecule has 2 heterocycles. The summed E-state index contributed by atoms with van der Waals surface area (Å²) in [5.74, 6) is 0. The Labute approximate surface area is 121 Å². The van der Waals surface area contributed by atoms with Crippen LogP contribution in [0.5, 0.6) is 0 Å². The van der Waals surface area contributed by atoms with E-state index in [1.807, 2.05) is 0 Å². The lowest BCUT2D eigenvalue weighted by molar-refractivity contribution is -0.138. The summed E-state index contributed by atoms with van der Waals surface area (Å²) in [6.07, 6.45) is -4.58. The Bertz CT molecular complexity index is 677. The van der Waals surface area contributed by atoms with Gasteiger partial charge in [0.15, 0.2) is 0 Å². The highest BCUT2D eigenvalue weighted by molar-refractivity contribution is 7.15. The molecule has 0 aliphatic carbocycles. The number of hydrogen-bond acceptors (Lipinski definition) is 5. The van der Waals surface area contributed by atoms with Crippen molar-refractivity contribution in [1.29, 1.82) is 0 Å². The van der Waals surface area contributed by atoms with Crippen LogP contribution in [-0.4, -0.2) is 26.0 Å². The Morgan fingerprint density at radius 2 is 1.90 bits per heavy atom. The third kappa shape index (κ3) is 3.29. The number of nitrogens with zero attached hydrogens (tertiary/aromatic N) is 4. The Kier molecular flexibility index (Phi) is 3.85. The molecule has 2 aromatic heterocycles. The molecule has 0 bridgehead atoms. The number of anilines is 2. The zero-order chi connectivity index (χ0) is 15.8. The fourth-order valence-corrected chi connectivity index (χ4v) is 2.19. The molecule has 0 saturated carbocycles. The number of rotatable bonds is 2. The van der Waals surface area contributed by atoms with E-state index < -0.39 is 17.2 Å². The number of urea groups is 1. The number of amides is 2. The Morgan fingerprint density at radius 1 is 1.24 bits per heavy atom. The van der Waals surface area contributed by atoms with E-state index in [9.17, 15) is 18.0 Å². The topological polar surface area (TPSA) is 84.7 Å². The maximum Gasteiger partial charge on any atom is 0.445 e. The van der Waals surface area contributed by atoms with Gasteiger partial charge in [-0.05, 0) is 13.8 Å². The van der Waals surface area contributed by atoms with Gasteiger partial charge in [-0.25, -0.2) is 4.79 Å². The summed E-state index contributed by atoms with van der Waals surface area (Å²) in [6, 6.07) is -0.709. The molecular formula is C10H11F3N6OS. The lowest BCUT2D eigenvalue weighted by Gasteiger charge is -2.05. The minimum atomic E-state index is -4.58. The van der Waals surface area contributed by atoms with Crippen molar-refractivity contribution in [1.82, 2.24) is 20.0 Å². The minimum Gasteiger partial charge on any atom is -0.304 e. The van der Waals surface area contributed by atoms with Crippen molar-refractivity contribution in [2.75, 3.05) is 10.6 Å². The summed E-state index contributed by atoms with van der Waals surface area (Å²) in [5.41, 5.74) is 1.81. The first-order valence-electron chi connectivity index (χ1n) is 5.67. The molecular weight excluding hydrogens is 309 g/mol. The van der Waals surface area contributed by atoms with Crippen LogP contribution >= 0.6 is 11.3 Å². The van der Waals surface area contributed by atoms with Crippen LogP contribution in [0, 0.1) is 13.8 Å². The van der Waals surface area contributed by atoms with Gasteiger partial charge in [-0.15, -0.1) is 10.2 Å². The highest BCUT2D eigenvalue weighted by Crippen LogP contribution is 2.33. The second kappa shape index (κ2) is 5.31. The number of nitrogens with one attached hydrogen (secondary N) is 2. The van der Waals surface area contributed by atoms with E-state index in [1.165, 1.54) is 0 Å². The first-order valence-corrected chi connectivity index (χ1v) is 6.49. The largest absolute Gasteiger partial charge is 0.445 e. The number of carbonyl (C=O) groups excluding carboxylic acids is 1. The van der Waals surface area contributed by atoms with E-state index in [0.29, 0.717) is 11.4 Å². The summed E-state index contributed by atoms with van der Waals surface area (Å²) in [4.78, 5) is 11.8. The highest BCUT2D eigenvalue weighted by Gasteiger charge is 2.35. The van der Waals surface area contributed by atoms with Crippen LogP contribution in [0.4, 0.5) is 28.8 Å². The van der Waals surface area contributed by atoms with E-state index in [-0.39, 0.29) is 16.5 Å². The molecule has 2 rings (SSSR count). The zero-order valence-corrected chi connectivity index (χ0v) is 12.1. The number of halogens is 3. The van der Waals surface area contributed by atoms with E-state index in [4.69, 9.17) is 0 Å². The number of alkyl halides is 3. The third-order valence-electron chi connectivity index (χ3n) is 2.64. The van der Waals surface area contributed by atoms with Crippen LogP contribution in [0.25, 0.3) is 0 Å². The first kappa shape index (κ1) is 15.2. The van der Waals surface area contributed by atoms with Gasteiger partial charge < -0.3 is 5.32 Å². The van der Waals surface area contributed by atoms with Crippen molar-refractivity contribution in [2.24, 2.45) is 7.05 Å². The molecule has 2 N–H and O–H groups in total.